The number of benzene rings is 2. The standard InChI is InChI=1S/C21H25N3O4S/c1-14-5-7-18(8-6-14)22-21(26)13-23(4)29(27,28)19-9-10-20-17(12-19)11-15(2)24(20)16(3)25/h5-10,12,15H,11,13H2,1-4H3,(H,22,26)/t15-/m0/s1. The quantitative estimate of drug-likeness (QED) is 0.813. The molecule has 0 aromatic heterocycles. The Balaban J connectivity index is 1.75. The molecule has 0 unspecified atom stereocenters. The maximum Gasteiger partial charge on any atom is 0.243 e. The average Bonchev–Trinajstić information content (AvgIpc) is 2.98. The van der Waals surface area contributed by atoms with E-state index in [9.17, 15) is 18.0 Å². The van der Waals surface area contributed by atoms with Crippen LogP contribution in [0.2, 0.25) is 0 Å². The number of carbonyl (C=O) groups excluding carboxylic acids is 2. The van der Waals surface area contributed by atoms with E-state index in [1.165, 1.54) is 20.0 Å². The third-order valence-electron chi connectivity index (χ3n) is 5.02. The maximum absolute atomic E-state index is 12.9. The van der Waals surface area contributed by atoms with Gasteiger partial charge < -0.3 is 10.2 Å². The predicted molar refractivity (Wildman–Crippen MR) is 112 cm³/mol. The van der Waals surface area contributed by atoms with Crippen LogP contribution in [0.1, 0.15) is 25.0 Å². The Morgan fingerprint density at radius 1 is 1.17 bits per heavy atom. The summed E-state index contributed by atoms with van der Waals surface area (Å²) in [6.45, 7) is 5.07. The van der Waals surface area contributed by atoms with Gasteiger partial charge in [-0.15, -0.1) is 0 Å². The molecule has 1 aliphatic rings. The van der Waals surface area contributed by atoms with Crippen LogP contribution in [-0.2, 0) is 26.0 Å². The molecule has 2 amide bonds. The summed E-state index contributed by atoms with van der Waals surface area (Å²) < 4.78 is 26.9. The molecule has 1 N–H and O–H groups in total. The fourth-order valence-corrected chi connectivity index (χ4v) is 4.73. The van der Waals surface area contributed by atoms with E-state index in [1.54, 1.807) is 29.2 Å². The van der Waals surface area contributed by atoms with Gasteiger partial charge in [-0.05, 0) is 56.2 Å². The van der Waals surface area contributed by atoms with E-state index in [4.69, 9.17) is 0 Å². The van der Waals surface area contributed by atoms with Crippen molar-refractivity contribution in [2.24, 2.45) is 0 Å². The molecule has 8 heteroatoms. The smallest absolute Gasteiger partial charge is 0.243 e. The van der Waals surface area contributed by atoms with Crippen molar-refractivity contribution in [1.29, 1.82) is 0 Å². The van der Waals surface area contributed by atoms with Crippen molar-refractivity contribution in [3.63, 3.8) is 0 Å². The lowest BCUT2D eigenvalue weighted by atomic mass is 10.1. The molecule has 1 aliphatic heterocycles. The predicted octanol–water partition coefficient (Wildman–Crippen LogP) is 2.55. The number of hydrogen-bond acceptors (Lipinski definition) is 4. The van der Waals surface area contributed by atoms with Gasteiger partial charge in [-0.3, -0.25) is 9.59 Å². The van der Waals surface area contributed by atoms with Gasteiger partial charge in [0, 0.05) is 31.4 Å². The van der Waals surface area contributed by atoms with Crippen LogP contribution in [0.5, 0.6) is 0 Å². The number of likely N-dealkylation sites (N-methyl/N-ethyl adjacent to an activating group) is 1. The minimum Gasteiger partial charge on any atom is -0.325 e. The molecular formula is C21H25N3O4S. The molecule has 0 saturated carbocycles. The van der Waals surface area contributed by atoms with Crippen molar-refractivity contribution < 1.29 is 18.0 Å². The first-order chi connectivity index (χ1) is 13.6. The molecule has 0 fully saturated rings. The first-order valence-electron chi connectivity index (χ1n) is 9.35. The molecule has 2 aromatic rings. The number of carbonyl (C=O) groups is 2. The summed E-state index contributed by atoms with van der Waals surface area (Å²) in [4.78, 5) is 25.9. The minimum absolute atomic E-state index is 0.0153. The van der Waals surface area contributed by atoms with Crippen molar-refractivity contribution in [2.45, 2.75) is 38.1 Å². The summed E-state index contributed by atoms with van der Waals surface area (Å²) in [6.07, 6.45) is 0.593. The second kappa shape index (κ2) is 7.96. The Bertz CT molecular complexity index is 1050. The molecule has 0 radical (unpaired) electrons. The molecule has 0 saturated heterocycles. The lowest BCUT2D eigenvalue weighted by Gasteiger charge is -2.21. The maximum atomic E-state index is 12.9. The van der Waals surface area contributed by atoms with E-state index >= 15 is 0 Å². The summed E-state index contributed by atoms with van der Waals surface area (Å²) in [7, 11) is -2.46. The molecule has 3 rings (SSSR count). The van der Waals surface area contributed by atoms with E-state index in [1.807, 2.05) is 26.0 Å². The summed E-state index contributed by atoms with van der Waals surface area (Å²) in [6, 6.07) is 12.0. The second-order valence-corrected chi connectivity index (χ2v) is 9.45. The molecule has 0 aliphatic carbocycles. The summed E-state index contributed by atoms with van der Waals surface area (Å²) in [5.74, 6) is -0.491. The molecule has 29 heavy (non-hydrogen) atoms. The lowest BCUT2D eigenvalue weighted by Crippen LogP contribution is -2.35. The molecule has 2 aromatic carbocycles. The van der Waals surface area contributed by atoms with Gasteiger partial charge in [-0.1, -0.05) is 17.7 Å². The van der Waals surface area contributed by atoms with Gasteiger partial charge in [0.15, 0.2) is 0 Å². The number of rotatable bonds is 5. The lowest BCUT2D eigenvalue weighted by molar-refractivity contribution is -0.117. The van der Waals surface area contributed by atoms with Crippen LogP contribution >= 0.6 is 0 Å². The third-order valence-corrected chi connectivity index (χ3v) is 6.82. The Morgan fingerprint density at radius 2 is 1.83 bits per heavy atom. The van der Waals surface area contributed by atoms with Gasteiger partial charge in [-0.25, -0.2) is 8.42 Å². The summed E-state index contributed by atoms with van der Waals surface area (Å²) in [5.41, 5.74) is 3.23. The van der Waals surface area contributed by atoms with Gasteiger partial charge in [0.05, 0.1) is 11.4 Å². The zero-order chi connectivity index (χ0) is 21.3. The van der Waals surface area contributed by atoms with Crippen LogP contribution in [0.25, 0.3) is 0 Å². The Morgan fingerprint density at radius 3 is 2.45 bits per heavy atom. The largest absolute Gasteiger partial charge is 0.325 e. The summed E-state index contributed by atoms with van der Waals surface area (Å²) in [5, 5.41) is 2.70. The van der Waals surface area contributed by atoms with Gasteiger partial charge >= 0.3 is 0 Å². The fraction of sp³-hybridized carbons (Fsp3) is 0.333. The number of nitrogens with zero attached hydrogens (tertiary/aromatic N) is 2. The third kappa shape index (κ3) is 4.33. The van der Waals surface area contributed by atoms with Gasteiger partial charge in [0.25, 0.3) is 0 Å². The van der Waals surface area contributed by atoms with Gasteiger partial charge in [0.2, 0.25) is 21.8 Å². The first kappa shape index (κ1) is 21.0. The van der Waals surface area contributed by atoms with Crippen molar-refractivity contribution in [1.82, 2.24) is 4.31 Å². The SMILES string of the molecule is CC(=O)N1c2ccc(S(=O)(=O)N(C)CC(=O)Nc3ccc(C)cc3)cc2C[C@@H]1C. The van der Waals surface area contributed by atoms with Crippen molar-refractivity contribution in [3.05, 3.63) is 53.6 Å². The highest BCUT2D eigenvalue weighted by Gasteiger charge is 2.31. The highest BCUT2D eigenvalue weighted by atomic mass is 32.2. The normalized spacial score (nSPS) is 16.0. The molecular weight excluding hydrogens is 390 g/mol. The molecule has 154 valence electrons. The number of fused-ring (bicyclic) bond motifs is 1. The second-order valence-electron chi connectivity index (χ2n) is 7.41. The van der Waals surface area contributed by atoms with Crippen LogP contribution in [0, 0.1) is 6.92 Å². The van der Waals surface area contributed by atoms with E-state index in [0.717, 1.165) is 21.1 Å². The number of nitrogens with one attached hydrogen (secondary N) is 1. The van der Waals surface area contributed by atoms with Crippen LogP contribution in [0.15, 0.2) is 47.4 Å². The van der Waals surface area contributed by atoms with Crippen LogP contribution < -0.4 is 10.2 Å². The van der Waals surface area contributed by atoms with Gasteiger partial charge in [-0.2, -0.15) is 4.31 Å². The van der Waals surface area contributed by atoms with E-state index < -0.39 is 15.9 Å². The topological polar surface area (TPSA) is 86.8 Å². The van der Waals surface area contributed by atoms with Crippen LogP contribution in [-0.4, -0.2) is 44.2 Å². The number of sulfonamides is 1. The number of aryl methyl sites for hydroxylation is 1. The van der Waals surface area contributed by atoms with Crippen LogP contribution in [0.3, 0.4) is 0 Å². The minimum atomic E-state index is -3.84. The highest BCUT2D eigenvalue weighted by molar-refractivity contribution is 7.89. The van der Waals surface area contributed by atoms with E-state index in [0.29, 0.717) is 12.1 Å². The Hall–Kier alpha value is -2.71. The number of hydrogen-bond donors (Lipinski definition) is 1. The molecule has 0 spiro atoms. The fourth-order valence-electron chi connectivity index (χ4n) is 3.55. The molecule has 0 bridgehead atoms. The Kier molecular flexibility index (Phi) is 5.77. The number of amides is 2. The molecule has 1 atom stereocenters. The van der Waals surface area contributed by atoms with Crippen molar-refractivity contribution in [3.8, 4) is 0 Å². The van der Waals surface area contributed by atoms with Crippen molar-refractivity contribution >= 4 is 33.2 Å². The van der Waals surface area contributed by atoms with Gasteiger partial charge in [0.1, 0.15) is 0 Å². The zero-order valence-corrected chi connectivity index (χ0v) is 17.8. The molecule has 1 heterocycles. The van der Waals surface area contributed by atoms with E-state index in [-0.39, 0.29) is 23.4 Å². The van der Waals surface area contributed by atoms with E-state index in [2.05, 4.69) is 5.32 Å². The monoisotopic (exact) mass is 415 g/mol. The summed E-state index contributed by atoms with van der Waals surface area (Å²) >= 11 is 0. The zero-order valence-electron chi connectivity index (χ0n) is 17.0. The average molecular weight is 416 g/mol. The van der Waals surface area contributed by atoms with Crippen LogP contribution in [0.4, 0.5) is 11.4 Å². The first-order valence-corrected chi connectivity index (χ1v) is 10.8. The highest BCUT2D eigenvalue weighted by Crippen LogP contribution is 2.34. The molecule has 7 nitrogen and oxygen atoms in total. The number of anilines is 2. The Labute approximate surface area is 171 Å². The van der Waals surface area contributed by atoms with Crippen molar-refractivity contribution in [2.75, 3.05) is 23.8 Å².